The molecule has 13 heteroatoms. The third kappa shape index (κ3) is 3.51. The molecule has 11 nitrogen and oxygen atoms in total. The zero-order valence-corrected chi connectivity index (χ0v) is 16.0. The number of carbonyl (C=O) groups is 1. The van der Waals surface area contributed by atoms with E-state index in [1.54, 1.807) is 0 Å². The number of rotatable bonds is 5. The molecule has 6 N–H and O–H groups in total. The van der Waals surface area contributed by atoms with Crippen molar-refractivity contribution in [2.75, 3.05) is 18.0 Å². The van der Waals surface area contributed by atoms with Crippen molar-refractivity contribution in [1.82, 2.24) is 24.8 Å². The van der Waals surface area contributed by atoms with Gasteiger partial charge < -0.3 is 31.1 Å². The molecule has 0 unspecified atom stereocenters. The average Bonchev–Trinajstić information content (AvgIpc) is 3.33. The summed E-state index contributed by atoms with van der Waals surface area (Å²) in [5.74, 6) is -0.365. The first-order chi connectivity index (χ1) is 13.3. The molecular weight excluding hydrogens is 412 g/mol. The predicted octanol–water partition coefficient (Wildman–Crippen LogP) is -0.771. The predicted molar refractivity (Wildman–Crippen MR) is 101 cm³/mol. The maximum absolute atomic E-state index is 11.0. The first-order valence-electron chi connectivity index (χ1n) is 8.60. The van der Waals surface area contributed by atoms with Crippen LogP contribution in [0, 0.1) is 0 Å². The summed E-state index contributed by atoms with van der Waals surface area (Å²) in [5, 5.41) is 32.9. The quantitative estimate of drug-likeness (QED) is 0.377. The summed E-state index contributed by atoms with van der Waals surface area (Å²) < 4.78 is 7.34. The van der Waals surface area contributed by atoms with Gasteiger partial charge in [0.05, 0.1) is 12.4 Å². The van der Waals surface area contributed by atoms with E-state index >= 15 is 0 Å². The van der Waals surface area contributed by atoms with Crippen molar-refractivity contribution >= 4 is 46.3 Å². The van der Waals surface area contributed by atoms with Crippen molar-refractivity contribution in [3.05, 3.63) is 11.6 Å². The summed E-state index contributed by atoms with van der Waals surface area (Å²) >= 11 is 7.37. The number of aliphatic carboxylic acids is 1. The number of aliphatic hydroxyl groups is 2. The largest absolute Gasteiger partial charge is 0.480 e. The van der Waals surface area contributed by atoms with E-state index in [0.29, 0.717) is 29.9 Å². The van der Waals surface area contributed by atoms with Crippen molar-refractivity contribution < 1.29 is 24.9 Å². The number of ether oxygens (including phenoxy) is 1. The molecule has 28 heavy (non-hydrogen) atoms. The number of carboxylic acid groups (broad SMARTS) is 1. The summed E-state index contributed by atoms with van der Waals surface area (Å²) in [6.45, 7) is 0.567. The van der Waals surface area contributed by atoms with Crippen LogP contribution in [0.25, 0.3) is 11.2 Å². The van der Waals surface area contributed by atoms with E-state index in [1.807, 2.05) is 0 Å². The number of fused-ring (bicyclic) bond motifs is 1. The van der Waals surface area contributed by atoms with E-state index < -0.39 is 36.6 Å². The second-order valence-corrected chi connectivity index (χ2v) is 8.41. The molecular formula is C15H19ClN6O5S. The number of nitrogen functional groups attached to an aromatic ring is 1. The molecule has 0 bridgehead atoms. The van der Waals surface area contributed by atoms with Crippen LogP contribution in [0.2, 0.25) is 5.28 Å². The van der Waals surface area contributed by atoms with Gasteiger partial charge in [0.15, 0.2) is 17.7 Å². The van der Waals surface area contributed by atoms with Gasteiger partial charge in [-0.3, -0.25) is 9.36 Å². The molecule has 0 spiro atoms. The summed E-state index contributed by atoms with van der Waals surface area (Å²) in [6.07, 6.45) is -1.97. The fourth-order valence-electron chi connectivity index (χ4n) is 3.44. The Balaban J connectivity index is 1.46. The van der Waals surface area contributed by atoms with Gasteiger partial charge in [0.1, 0.15) is 23.8 Å². The van der Waals surface area contributed by atoms with Gasteiger partial charge in [-0.15, -0.1) is 0 Å². The van der Waals surface area contributed by atoms with Crippen LogP contribution in [0.4, 0.5) is 5.82 Å². The Morgan fingerprint density at radius 2 is 2.21 bits per heavy atom. The van der Waals surface area contributed by atoms with Gasteiger partial charge in [-0.1, -0.05) is 0 Å². The number of nitrogens with zero attached hydrogens (tertiary/aromatic N) is 4. The van der Waals surface area contributed by atoms with Gasteiger partial charge in [0.2, 0.25) is 5.28 Å². The molecule has 2 aromatic heterocycles. The highest BCUT2D eigenvalue weighted by Gasteiger charge is 2.44. The van der Waals surface area contributed by atoms with Gasteiger partial charge in [-0.05, 0) is 18.0 Å². The molecule has 0 amide bonds. The number of nitrogens with two attached hydrogens (primary N) is 1. The first-order valence-corrected chi connectivity index (χ1v) is 10.0. The van der Waals surface area contributed by atoms with Gasteiger partial charge in [0, 0.05) is 17.5 Å². The second-order valence-electron chi connectivity index (χ2n) is 6.74. The number of hydrogen-bond donors (Lipinski definition) is 5. The van der Waals surface area contributed by atoms with E-state index in [2.05, 4.69) is 20.3 Å². The molecule has 0 saturated carbocycles. The van der Waals surface area contributed by atoms with Crippen LogP contribution >= 0.6 is 23.4 Å². The van der Waals surface area contributed by atoms with Crippen LogP contribution in [0.3, 0.4) is 0 Å². The SMILES string of the molecule is Nc1nc(Cl)nc2c1ncn2[C@@H]1O[C@H](CS[C@@H]2CN[C@H](C(=O)O)C2)[C@@H](O)[C@H]1O. The number of aliphatic hydroxyl groups excluding tert-OH is 2. The zero-order valence-electron chi connectivity index (χ0n) is 14.5. The Labute approximate surface area is 168 Å². The Bertz CT molecular complexity index is 899. The number of hydrogen-bond acceptors (Lipinski definition) is 10. The number of thioether (sulfide) groups is 1. The van der Waals surface area contributed by atoms with Gasteiger partial charge in [0.25, 0.3) is 0 Å². The van der Waals surface area contributed by atoms with E-state index in [1.165, 1.54) is 22.7 Å². The standard InChI is InChI=1S/C15H19ClN6O5S/c16-15-20-11(17)8-12(21-15)22(4-19-8)13-10(24)9(23)7(27-13)3-28-5-1-6(14(25)26)18-2-5/h4-7,9-10,13,18,23-24H,1-3H2,(H,25,26)(H2,17,20,21)/t5-,6-,7+,9+,10+,13+/m0/s1. The Morgan fingerprint density at radius 3 is 2.93 bits per heavy atom. The molecule has 2 aliphatic rings. The topological polar surface area (TPSA) is 169 Å². The molecule has 6 atom stereocenters. The highest BCUT2D eigenvalue weighted by Crippen LogP contribution is 2.35. The van der Waals surface area contributed by atoms with Crippen LogP contribution in [-0.4, -0.2) is 82.7 Å². The van der Waals surface area contributed by atoms with Crippen molar-refractivity contribution in [2.24, 2.45) is 0 Å². The number of nitrogens with one attached hydrogen (secondary N) is 1. The molecule has 0 aromatic carbocycles. The highest BCUT2D eigenvalue weighted by molar-refractivity contribution is 8.00. The summed E-state index contributed by atoms with van der Waals surface area (Å²) in [5.41, 5.74) is 6.41. The highest BCUT2D eigenvalue weighted by atomic mass is 35.5. The smallest absolute Gasteiger partial charge is 0.320 e. The lowest BCUT2D eigenvalue weighted by molar-refractivity contribution is -0.139. The van der Waals surface area contributed by atoms with E-state index in [9.17, 15) is 15.0 Å². The number of aromatic nitrogens is 4. The fraction of sp³-hybridized carbons (Fsp3) is 0.600. The molecule has 2 aliphatic heterocycles. The lowest BCUT2D eigenvalue weighted by Crippen LogP contribution is -2.33. The molecule has 4 heterocycles. The van der Waals surface area contributed by atoms with Gasteiger partial charge >= 0.3 is 5.97 Å². The lowest BCUT2D eigenvalue weighted by atomic mass is 10.1. The molecule has 0 radical (unpaired) electrons. The molecule has 4 rings (SSSR count). The number of carboxylic acids is 1. The first kappa shape index (κ1) is 19.6. The van der Waals surface area contributed by atoms with Crippen molar-refractivity contribution in [2.45, 2.75) is 42.3 Å². The van der Waals surface area contributed by atoms with Crippen LogP contribution < -0.4 is 11.1 Å². The molecule has 2 saturated heterocycles. The summed E-state index contributed by atoms with van der Waals surface area (Å²) in [4.78, 5) is 23.1. The minimum absolute atomic E-state index is 0.0615. The van der Waals surface area contributed by atoms with Crippen LogP contribution in [0.1, 0.15) is 12.6 Å². The maximum atomic E-state index is 11.0. The van der Waals surface area contributed by atoms with Gasteiger partial charge in [-0.2, -0.15) is 21.7 Å². The monoisotopic (exact) mass is 430 g/mol. The summed E-state index contributed by atoms with van der Waals surface area (Å²) in [7, 11) is 0. The molecule has 2 fully saturated rings. The van der Waals surface area contributed by atoms with E-state index in [4.69, 9.17) is 27.2 Å². The van der Waals surface area contributed by atoms with Crippen molar-refractivity contribution in [3.63, 3.8) is 0 Å². The number of imidazole rings is 1. The Kier molecular flexibility index (Phi) is 5.33. The van der Waals surface area contributed by atoms with Crippen molar-refractivity contribution in [1.29, 1.82) is 0 Å². The van der Waals surface area contributed by atoms with Crippen LogP contribution in [-0.2, 0) is 9.53 Å². The normalized spacial score (nSPS) is 33.0. The van der Waals surface area contributed by atoms with Crippen LogP contribution in [0.15, 0.2) is 6.33 Å². The average molecular weight is 431 g/mol. The van der Waals surface area contributed by atoms with Crippen molar-refractivity contribution in [3.8, 4) is 0 Å². The molecule has 152 valence electrons. The maximum Gasteiger partial charge on any atom is 0.320 e. The third-order valence-corrected chi connectivity index (χ3v) is 6.44. The number of halogens is 1. The fourth-order valence-corrected chi connectivity index (χ4v) is 4.89. The van der Waals surface area contributed by atoms with E-state index in [-0.39, 0.29) is 16.4 Å². The Morgan fingerprint density at radius 1 is 1.43 bits per heavy atom. The Hall–Kier alpha value is -1.70. The van der Waals surface area contributed by atoms with E-state index in [0.717, 1.165) is 0 Å². The molecule has 2 aromatic rings. The second kappa shape index (κ2) is 7.61. The third-order valence-electron chi connectivity index (χ3n) is 4.92. The number of anilines is 1. The van der Waals surface area contributed by atoms with Gasteiger partial charge in [-0.25, -0.2) is 4.98 Å². The van der Waals surface area contributed by atoms with Crippen LogP contribution in [0.5, 0.6) is 0 Å². The zero-order chi connectivity index (χ0) is 20.0. The summed E-state index contributed by atoms with van der Waals surface area (Å²) in [6, 6.07) is -0.558. The minimum atomic E-state index is -1.20. The lowest BCUT2D eigenvalue weighted by Gasteiger charge is -2.17. The minimum Gasteiger partial charge on any atom is -0.480 e. The molecule has 0 aliphatic carbocycles.